The number of benzene rings is 1. The molecule has 5 nitrogen and oxygen atoms in total. The normalized spacial score (nSPS) is 16.3. The van der Waals surface area contributed by atoms with Crippen molar-refractivity contribution >= 4 is 11.8 Å². The monoisotopic (exact) mass is 235 g/mol. The number of nitrogens with one attached hydrogen (secondary N) is 1. The van der Waals surface area contributed by atoms with Crippen molar-refractivity contribution in [3.8, 4) is 0 Å². The number of ether oxygens (including phenoxy) is 1. The van der Waals surface area contributed by atoms with Gasteiger partial charge in [0.1, 0.15) is 6.61 Å². The van der Waals surface area contributed by atoms with E-state index in [9.17, 15) is 4.79 Å². The van der Waals surface area contributed by atoms with Gasteiger partial charge < -0.3 is 20.7 Å². The molecule has 1 fully saturated rings. The molecule has 3 N–H and O–H groups in total. The molecule has 1 heterocycles. The number of likely N-dealkylation sites (tertiary alicyclic amines) is 1. The van der Waals surface area contributed by atoms with Crippen molar-refractivity contribution in [2.24, 2.45) is 0 Å². The van der Waals surface area contributed by atoms with E-state index in [1.807, 2.05) is 19.2 Å². The van der Waals surface area contributed by atoms with Gasteiger partial charge in [-0.2, -0.15) is 0 Å². The summed E-state index contributed by atoms with van der Waals surface area (Å²) in [5.41, 5.74) is 7.20. The number of carbonyl (C=O) groups excluding carboxylic acids is 1. The molecule has 0 aromatic heterocycles. The van der Waals surface area contributed by atoms with E-state index in [1.165, 1.54) is 0 Å². The molecular weight excluding hydrogens is 218 g/mol. The Hall–Kier alpha value is -1.75. The van der Waals surface area contributed by atoms with E-state index in [-0.39, 0.29) is 18.7 Å². The van der Waals surface area contributed by atoms with E-state index >= 15 is 0 Å². The van der Waals surface area contributed by atoms with E-state index in [2.05, 4.69) is 10.2 Å². The lowest BCUT2D eigenvalue weighted by Gasteiger charge is -2.36. The molecule has 0 aliphatic carbocycles. The fraction of sp³-hybridized carbons (Fsp3) is 0.417. The summed E-state index contributed by atoms with van der Waals surface area (Å²) in [6, 6.07) is 7.49. The van der Waals surface area contributed by atoms with Crippen molar-refractivity contribution in [1.82, 2.24) is 10.2 Å². The smallest absolute Gasteiger partial charge is 0.407 e. The molecule has 1 aromatic carbocycles. The number of alkyl carbamates (subject to hydrolysis) is 1. The van der Waals surface area contributed by atoms with Gasteiger partial charge in [0.2, 0.25) is 0 Å². The molecular formula is C12H17N3O2. The largest absolute Gasteiger partial charge is 0.445 e. The molecule has 0 bridgehead atoms. The van der Waals surface area contributed by atoms with Crippen LogP contribution in [-0.4, -0.2) is 37.2 Å². The summed E-state index contributed by atoms with van der Waals surface area (Å²) >= 11 is 0. The molecule has 5 heteroatoms. The van der Waals surface area contributed by atoms with Crippen molar-refractivity contribution in [1.29, 1.82) is 0 Å². The molecule has 2 rings (SSSR count). The quantitative estimate of drug-likeness (QED) is 0.761. The molecule has 1 aromatic rings. The first kappa shape index (κ1) is 11.7. The average molecular weight is 235 g/mol. The van der Waals surface area contributed by atoms with Crippen LogP contribution in [0.3, 0.4) is 0 Å². The highest BCUT2D eigenvalue weighted by molar-refractivity contribution is 5.67. The zero-order chi connectivity index (χ0) is 12.3. The van der Waals surface area contributed by atoms with Gasteiger partial charge in [-0.3, -0.25) is 0 Å². The summed E-state index contributed by atoms with van der Waals surface area (Å²) in [6.07, 6.45) is -0.361. The maximum atomic E-state index is 11.4. The van der Waals surface area contributed by atoms with Gasteiger partial charge in [-0.05, 0) is 24.7 Å². The lowest BCUT2D eigenvalue weighted by atomic mass is 10.1. The molecule has 1 saturated heterocycles. The maximum Gasteiger partial charge on any atom is 0.407 e. The minimum atomic E-state index is -0.361. The van der Waals surface area contributed by atoms with Crippen molar-refractivity contribution in [3.63, 3.8) is 0 Å². The van der Waals surface area contributed by atoms with Crippen LogP contribution in [-0.2, 0) is 11.3 Å². The summed E-state index contributed by atoms with van der Waals surface area (Å²) in [7, 11) is 2.01. The van der Waals surface area contributed by atoms with Crippen LogP contribution in [0.5, 0.6) is 0 Å². The summed E-state index contributed by atoms with van der Waals surface area (Å²) in [6.45, 7) is 2.04. The van der Waals surface area contributed by atoms with E-state index < -0.39 is 0 Å². The van der Waals surface area contributed by atoms with Crippen molar-refractivity contribution in [3.05, 3.63) is 29.8 Å². The third-order valence-corrected chi connectivity index (χ3v) is 2.74. The molecule has 0 saturated carbocycles. The number of hydrogen-bond donors (Lipinski definition) is 2. The van der Waals surface area contributed by atoms with Crippen LogP contribution in [0.15, 0.2) is 24.3 Å². The van der Waals surface area contributed by atoms with E-state index in [1.54, 1.807) is 12.1 Å². The number of likely N-dealkylation sites (N-methyl/N-ethyl adjacent to an activating group) is 1. The first-order chi connectivity index (χ1) is 8.13. The van der Waals surface area contributed by atoms with Crippen LogP contribution in [0.25, 0.3) is 0 Å². The zero-order valence-electron chi connectivity index (χ0n) is 9.85. The number of nitrogen functional groups attached to an aromatic ring is 1. The predicted octanol–water partition coefficient (Wildman–Crippen LogP) is 0.809. The number of nitrogens with zero attached hydrogens (tertiary/aromatic N) is 1. The first-order valence-corrected chi connectivity index (χ1v) is 5.60. The Morgan fingerprint density at radius 2 is 2.12 bits per heavy atom. The number of carbonyl (C=O) groups is 1. The highest BCUT2D eigenvalue weighted by atomic mass is 16.5. The Bertz CT molecular complexity index is 385. The van der Waals surface area contributed by atoms with Crippen molar-refractivity contribution < 1.29 is 9.53 Å². The summed E-state index contributed by atoms with van der Waals surface area (Å²) in [4.78, 5) is 13.5. The van der Waals surface area contributed by atoms with Gasteiger partial charge in [0.15, 0.2) is 0 Å². The van der Waals surface area contributed by atoms with Crippen LogP contribution in [0.1, 0.15) is 5.56 Å². The van der Waals surface area contributed by atoms with Crippen LogP contribution >= 0.6 is 0 Å². The number of hydrogen-bond acceptors (Lipinski definition) is 4. The molecule has 1 amide bonds. The zero-order valence-corrected chi connectivity index (χ0v) is 9.85. The lowest BCUT2D eigenvalue weighted by Crippen LogP contribution is -2.57. The van der Waals surface area contributed by atoms with Crippen molar-refractivity contribution in [2.75, 3.05) is 25.9 Å². The fourth-order valence-corrected chi connectivity index (χ4v) is 1.76. The van der Waals surface area contributed by atoms with Gasteiger partial charge in [-0.15, -0.1) is 0 Å². The summed E-state index contributed by atoms with van der Waals surface area (Å²) in [5.74, 6) is 0. The van der Waals surface area contributed by atoms with Crippen LogP contribution in [0.4, 0.5) is 10.5 Å². The second-order valence-corrected chi connectivity index (χ2v) is 4.38. The van der Waals surface area contributed by atoms with E-state index in [0.717, 1.165) is 18.7 Å². The molecule has 0 atom stereocenters. The minimum Gasteiger partial charge on any atom is -0.445 e. The number of nitrogens with two attached hydrogens (primary N) is 1. The standard InChI is InChI=1S/C12H17N3O2/c1-15-6-11(7-15)14-12(16)17-8-9-2-4-10(13)5-3-9/h2-5,11H,6-8,13H2,1H3,(H,14,16). The number of anilines is 1. The van der Waals surface area contributed by atoms with Gasteiger partial charge >= 0.3 is 6.09 Å². The summed E-state index contributed by atoms with van der Waals surface area (Å²) in [5, 5.41) is 2.80. The molecule has 1 aliphatic rings. The van der Waals surface area contributed by atoms with Gasteiger partial charge in [0, 0.05) is 18.8 Å². The average Bonchev–Trinajstić information content (AvgIpc) is 2.26. The minimum absolute atomic E-state index is 0.221. The third-order valence-electron chi connectivity index (χ3n) is 2.74. The first-order valence-electron chi connectivity index (χ1n) is 5.60. The second-order valence-electron chi connectivity index (χ2n) is 4.38. The van der Waals surface area contributed by atoms with Gasteiger partial charge in [0.05, 0.1) is 6.04 Å². The third kappa shape index (κ3) is 3.35. The topological polar surface area (TPSA) is 67.6 Å². The Labute approximate surface area is 101 Å². The molecule has 0 radical (unpaired) electrons. The van der Waals surface area contributed by atoms with Gasteiger partial charge in [0.25, 0.3) is 0 Å². The molecule has 0 spiro atoms. The van der Waals surface area contributed by atoms with Gasteiger partial charge in [-0.1, -0.05) is 12.1 Å². The molecule has 92 valence electrons. The Kier molecular flexibility index (Phi) is 3.49. The van der Waals surface area contributed by atoms with Gasteiger partial charge in [-0.25, -0.2) is 4.79 Å². The molecule has 17 heavy (non-hydrogen) atoms. The highest BCUT2D eigenvalue weighted by Crippen LogP contribution is 2.07. The Morgan fingerprint density at radius 3 is 2.71 bits per heavy atom. The molecule has 0 unspecified atom stereocenters. The van der Waals surface area contributed by atoms with Crippen molar-refractivity contribution in [2.45, 2.75) is 12.6 Å². The number of amides is 1. The van der Waals surface area contributed by atoms with E-state index in [4.69, 9.17) is 10.5 Å². The van der Waals surface area contributed by atoms with Crippen LogP contribution in [0, 0.1) is 0 Å². The summed E-state index contributed by atoms with van der Waals surface area (Å²) < 4.78 is 5.10. The fourth-order valence-electron chi connectivity index (χ4n) is 1.76. The van der Waals surface area contributed by atoms with Crippen LogP contribution in [0.2, 0.25) is 0 Å². The van der Waals surface area contributed by atoms with E-state index in [0.29, 0.717) is 5.69 Å². The Balaban J connectivity index is 1.70. The maximum absolute atomic E-state index is 11.4. The highest BCUT2D eigenvalue weighted by Gasteiger charge is 2.24. The van der Waals surface area contributed by atoms with Crippen LogP contribution < -0.4 is 11.1 Å². The Morgan fingerprint density at radius 1 is 1.47 bits per heavy atom. The SMILES string of the molecule is CN1CC(NC(=O)OCc2ccc(N)cc2)C1. The lowest BCUT2D eigenvalue weighted by molar-refractivity contribution is 0.111. The number of rotatable bonds is 3. The predicted molar refractivity (Wildman–Crippen MR) is 65.5 cm³/mol. The second kappa shape index (κ2) is 5.05. The molecule has 1 aliphatic heterocycles.